The van der Waals surface area contributed by atoms with Gasteiger partial charge in [0, 0.05) is 35.8 Å². The van der Waals surface area contributed by atoms with Crippen molar-refractivity contribution >= 4 is 28.6 Å². The molecule has 1 atom stereocenters. The van der Waals surface area contributed by atoms with Gasteiger partial charge in [-0.1, -0.05) is 30.0 Å². The SMILES string of the molecule is O=C(CSc1nnc(-c2ccc(F)cc2)n1CC1CCCO1)NCCc1c[nH]c2ccccc12. The van der Waals surface area contributed by atoms with Crippen molar-refractivity contribution in [3.05, 3.63) is 66.1 Å². The topological polar surface area (TPSA) is 84.8 Å². The average molecular weight is 480 g/mol. The standard InChI is InChI=1S/C25H26FN5O2S/c26-19-9-7-17(8-10-19)24-29-30-25(31(24)15-20-4-3-13-33-20)34-16-23(32)27-12-11-18-14-28-22-6-2-1-5-21(18)22/h1-2,5-10,14,20,28H,3-4,11-13,15-16H2,(H,27,32). The van der Waals surface area contributed by atoms with E-state index < -0.39 is 0 Å². The van der Waals surface area contributed by atoms with Crippen LogP contribution in [0, 0.1) is 5.82 Å². The minimum Gasteiger partial charge on any atom is -0.376 e. The first-order valence-electron chi connectivity index (χ1n) is 11.4. The summed E-state index contributed by atoms with van der Waals surface area (Å²) in [6.07, 6.45) is 4.83. The zero-order valence-electron chi connectivity index (χ0n) is 18.7. The number of carbonyl (C=O) groups is 1. The number of carbonyl (C=O) groups excluding carboxylic acids is 1. The van der Waals surface area contributed by atoms with Gasteiger partial charge in [-0.25, -0.2) is 4.39 Å². The first kappa shape index (κ1) is 22.6. The van der Waals surface area contributed by atoms with Gasteiger partial charge >= 0.3 is 0 Å². The van der Waals surface area contributed by atoms with E-state index in [0.29, 0.717) is 24.1 Å². The Bertz CT molecular complexity index is 1260. The number of amides is 1. The van der Waals surface area contributed by atoms with E-state index >= 15 is 0 Å². The van der Waals surface area contributed by atoms with Gasteiger partial charge < -0.3 is 15.0 Å². The molecule has 4 aromatic rings. The quantitative estimate of drug-likeness (QED) is 0.352. The van der Waals surface area contributed by atoms with Crippen molar-refractivity contribution in [2.45, 2.75) is 37.1 Å². The Morgan fingerprint density at radius 3 is 2.88 bits per heavy atom. The lowest BCUT2D eigenvalue weighted by atomic mass is 10.1. The molecule has 1 saturated heterocycles. The summed E-state index contributed by atoms with van der Waals surface area (Å²) in [7, 11) is 0. The van der Waals surface area contributed by atoms with Gasteiger partial charge in [0.1, 0.15) is 5.82 Å². The molecule has 176 valence electrons. The van der Waals surface area contributed by atoms with Crippen molar-refractivity contribution in [1.82, 2.24) is 25.1 Å². The number of nitrogens with one attached hydrogen (secondary N) is 2. The Morgan fingerprint density at radius 1 is 1.21 bits per heavy atom. The number of aromatic nitrogens is 4. The number of H-pyrrole nitrogens is 1. The lowest BCUT2D eigenvalue weighted by Crippen LogP contribution is -2.27. The van der Waals surface area contributed by atoms with Crippen LogP contribution in [-0.4, -0.2) is 50.7 Å². The Balaban J connectivity index is 1.21. The maximum Gasteiger partial charge on any atom is 0.230 e. The number of para-hydroxylation sites is 1. The van der Waals surface area contributed by atoms with Crippen molar-refractivity contribution in [2.75, 3.05) is 18.9 Å². The van der Waals surface area contributed by atoms with E-state index in [-0.39, 0.29) is 23.6 Å². The van der Waals surface area contributed by atoms with Crippen LogP contribution in [0.4, 0.5) is 4.39 Å². The Morgan fingerprint density at radius 2 is 2.06 bits per heavy atom. The number of fused-ring (bicyclic) bond motifs is 1. The third-order valence-electron chi connectivity index (χ3n) is 5.95. The average Bonchev–Trinajstić information content (AvgIpc) is 3.60. The molecular formula is C25H26FN5O2S. The first-order chi connectivity index (χ1) is 16.7. The molecule has 0 radical (unpaired) electrons. The predicted molar refractivity (Wildman–Crippen MR) is 130 cm³/mol. The molecule has 5 rings (SSSR count). The zero-order valence-corrected chi connectivity index (χ0v) is 19.5. The predicted octanol–water partition coefficient (Wildman–Crippen LogP) is 4.20. The van der Waals surface area contributed by atoms with Crippen LogP contribution in [0.2, 0.25) is 0 Å². The van der Waals surface area contributed by atoms with Gasteiger partial charge in [0.05, 0.1) is 18.4 Å². The van der Waals surface area contributed by atoms with Crippen LogP contribution in [0.3, 0.4) is 0 Å². The fraction of sp³-hybridized carbons (Fsp3) is 0.320. The van der Waals surface area contributed by atoms with Gasteiger partial charge in [-0.15, -0.1) is 10.2 Å². The first-order valence-corrected chi connectivity index (χ1v) is 12.4. The van der Waals surface area contributed by atoms with E-state index in [4.69, 9.17) is 4.74 Å². The minimum absolute atomic E-state index is 0.0557. The fourth-order valence-corrected chi connectivity index (χ4v) is 5.00. The summed E-state index contributed by atoms with van der Waals surface area (Å²) in [6, 6.07) is 14.3. The van der Waals surface area contributed by atoms with E-state index in [2.05, 4.69) is 26.6 Å². The van der Waals surface area contributed by atoms with Crippen LogP contribution >= 0.6 is 11.8 Å². The second kappa shape index (κ2) is 10.4. The number of aromatic amines is 1. The summed E-state index contributed by atoms with van der Waals surface area (Å²) in [6.45, 7) is 1.91. The summed E-state index contributed by atoms with van der Waals surface area (Å²) in [5.74, 6) is 0.534. The molecule has 2 aromatic carbocycles. The summed E-state index contributed by atoms with van der Waals surface area (Å²) in [5.41, 5.74) is 3.06. The van der Waals surface area contributed by atoms with Crippen LogP contribution in [0.25, 0.3) is 22.3 Å². The minimum atomic E-state index is -0.298. The number of thioether (sulfide) groups is 1. The second-order valence-corrected chi connectivity index (χ2v) is 9.25. The van der Waals surface area contributed by atoms with E-state index in [1.54, 1.807) is 12.1 Å². The number of ether oxygens (including phenoxy) is 1. The van der Waals surface area contributed by atoms with E-state index in [1.807, 2.05) is 29.0 Å². The third-order valence-corrected chi connectivity index (χ3v) is 6.92. The molecule has 0 saturated carbocycles. The van der Waals surface area contributed by atoms with Crippen LogP contribution < -0.4 is 5.32 Å². The number of hydrogen-bond acceptors (Lipinski definition) is 5. The fourth-order valence-electron chi connectivity index (χ4n) is 4.22. The molecule has 1 amide bonds. The zero-order chi connectivity index (χ0) is 23.3. The largest absolute Gasteiger partial charge is 0.376 e. The molecule has 0 bridgehead atoms. The summed E-state index contributed by atoms with van der Waals surface area (Å²) in [4.78, 5) is 15.8. The molecule has 2 aromatic heterocycles. The van der Waals surface area contributed by atoms with Gasteiger partial charge in [-0.3, -0.25) is 9.36 Å². The van der Waals surface area contributed by atoms with Gasteiger partial charge in [0.2, 0.25) is 5.91 Å². The lowest BCUT2D eigenvalue weighted by molar-refractivity contribution is -0.118. The number of rotatable bonds is 9. The van der Waals surface area contributed by atoms with Crippen LogP contribution in [0.15, 0.2) is 59.9 Å². The molecular weight excluding hydrogens is 453 g/mol. The van der Waals surface area contributed by atoms with Gasteiger partial charge in [-0.05, 0) is 55.2 Å². The Labute approximate surface area is 201 Å². The van der Waals surface area contributed by atoms with Crippen molar-refractivity contribution in [2.24, 2.45) is 0 Å². The maximum atomic E-state index is 13.4. The van der Waals surface area contributed by atoms with E-state index in [1.165, 1.54) is 34.8 Å². The lowest BCUT2D eigenvalue weighted by Gasteiger charge is -2.14. The Hall–Kier alpha value is -3.17. The summed E-state index contributed by atoms with van der Waals surface area (Å²) >= 11 is 1.35. The van der Waals surface area contributed by atoms with Crippen molar-refractivity contribution in [3.8, 4) is 11.4 Å². The Kier molecular flexibility index (Phi) is 6.92. The molecule has 0 spiro atoms. The second-order valence-electron chi connectivity index (χ2n) is 8.31. The van der Waals surface area contributed by atoms with Crippen LogP contribution in [0.5, 0.6) is 0 Å². The highest BCUT2D eigenvalue weighted by Crippen LogP contribution is 2.27. The molecule has 0 aliphatic carbocycles. The van der Waals surface area contributed by atoms with Gasteiger partial charge in [-0.2, -0.15) is 0 Å². The molecule has 1 unspecified atom stereocenters. The molecule has 1 aliphatic heterocycles. The molecule has 1 fully saturated rings. The number of benzene rings is 2. The monoisotopic (exact) mass is 479 g/mol. The molecule has 9 heteroatoms. The van der Waals surface area contributed by atoms with Crippen LogP contribution in [-0.2, 0) is 22.5 Å². The van der Waals surface area contributed by atoms with Gasteiger partial charge in [0.25, 0.3) is 0 Å². The number of halogens is 1. The molecule has 34 heavy (non-hydrogen) atoms. The smallest absolute Gasteiger partial charge is 0.230 e. The maximum absolute atomic E-state index is 13.4. The molecule has 1 aliphatic rings. The molecule has 7 nitrogen and oxygen atoms in total. The highest BCUT2D eigenvalue weighted by molar-refractivity contribution is 7.99. The van der Waals surface area contributed by atoms with E-state index in [0.717, 1.165) is 36.9 Å². The molecule has 2 N–H and O–H groups in total. The van der Waals surface area contributed by atoms with Gasteiger partial charge in [0.15, 0.2) is 11.0 Å². The van der Waals surface area contributed by atoms with Crippen LogP contribution in [0.1, 0.15) is 18.4 Å². The number of hydrogen-bond donors (Lipinski definition) is 2. The van der Waals surface area contributed by atoms with Crippen molar-refractivity contribution in [3.63, 3.8) is 0 Å². The summed E-state index contributed by atoms with van der Waals surface area (Å²) < 4.78 is 21.2. The van der Waals surface area contributed by atoms with Crippen molar-refractivity contribution in [1.29, 1.82) is 0 Å². The highest BCUT2D eigenvalue weighted by atomic mass is 32.2. The van der Waals surface area contributed by atoms with Crippen molar-refractivity contribution < 1.29 is 13.9 Å². The summed E-state index contributed by atoms with van der Waals surface area (Å²) in [5, 5.41) is 13.5. The third kappa shape index (κ3) is 5.15. The normalized spacial score (nSPS) is 15.7. The number of nitrogens with zero attached hydrogens (tertiary/aromatic N) is 3. The van der Waals surface area contributed by atoms with E-state index in [9.17, 15) is 9.18 Å². The highest BCUT2D eigenvalue weighted by Gasteiger charge is 2.22. The molecule has 3 heterocycles.